The summed E-state index contributed by atoms with van der Waals surface area (Å²) in [4.78, 5) is 2.07. The van der Waals surface area contributed by atoms with Crippen LogP contribution < -0.4 is 9.53 Å². The van der Waals surface area contributed by atoms with Crippen LogP contribution in [0.4, 0.5) is 11.4 Å². The highest BCUT2D eigenvalue weighted by Crippen LogP contribution is 2.47. The predicted octanol–water partition coefficient (Wildman–Crippen LogP) is 1.40. The van der Waals surface area contributed by atoms with Crippen LogP contribution in [0.5, 0.6) is 0 Å². The zero-order chi connectivity index (χ0) is 19.3. The molecule has 1 saturated heterocycles. The Hall–Kier alpha value is -1.97. The highest BCUT2D eigenvalue weighted by Gasteiger charge is 2.47. The van der Waals surface area contributed by atoms with Crippen molar-refractivity contribution in [2.75, 3.05) is 24.4 Å². The summed E-state index contributed by atoms with van der Waals surface area (Å²) in [6.07, 6.45) is 0.712. The number of hydrogen-bond donors (Lipinski definition) is 2. The molecular formula is C19H23N3O4S. The van der Waals surface area contributed by atoms with Gasteiger partial charge in [0.05, 0.1) is 11.7 Å². The molecule has 0 amide bonds. The Bertz CT molecular complexity index is 977. The average Bonchev–Trinajstić information content (AvgIpc) is 2.95. The lowest BCUT2D eigenvalue weighted by Gasteiger charge is -2.36. The molecule has 1 fully saturated rings. The first-order valence-electron chi connectivity index (χ1n) is 8.96. The van der Waals surface area contributed by atoms with Crippen LogP contribution in [-0.2, 0) is 10.0 Å². The zero-order valence-corrected chi connectivity index (χ0v) is 16.1. The maximum atomic E-state index is 13.6. The number of piperidine rings is 1. The molecule has 1 unspecified atom stereocenters. The Kier molecular flexibility index (Phi) is 4.48. The Morgan fingerprint density at radius 3 is 2.70 bits per heavy atom. The lowest BCUT2D eigenvalue weighted by Crippen LogP contribution is -2.99. The number of fused-ring (bicyclic) bond motifs is 3. The Morgan fingerprint density at radius 1 is 1.22 bits per heavy atom. The normalized spacial score (nSPS) is 23.8. The predicted molar refractivity (Wildman–Crippen MR) is 102 cm³/mol. The number of nitrogens with one attached hydrogen (secondary N) is 1. The minimum atomic E-state index is -3.99. The van der Waals surface area contributed by atoms with Crippen molar-refractivity contribution in [2.45, 2.75) is 30.2 Å². The number of likely N-dealkylation sites (tertiary alicyclic amines) is 1. The van der Waals surface area contributed by atoms with Crippen LogP contribution in [0, 0.1) is 12.1 Å². The second-order valence-corrected chi connectivity index (χ2v) is 9.17. The molecule has 0 spiro atoms. The summed E-state index contributed by atoms with van der Waals surface area (Å²) < 4.78 is 28.7. The minimum Gasteiger partial charge on any atom is -0.595 e. The first-order valence-corrected chi connectivity index (χ1v) is 10.4. The molecule has 144 valence electrons. The van der Waals surface area contributed by atoms with Gasteiger partial charge in [0.1, 0.15) is 0 Å². The first kappa shape index (κ1) is 18.4. The molecule has 0 aromatic heterocycles. The van der Waals surface area contributed by atoms with E-state index in [0.29, 0.717) is 12.1 Å². The standard InChI is InChI=1S/C19H23N3O4S/c1-13-7-8-16-14(11-13)15-12-20(2)10-9-17(15)21(16)27(25,26)19-6-4-3-5-18(19)22(23)24/h3-8,11,15,17,22-23H,9-10,12H2,1-2H3/t15-,17-/m0/s1. The van der Waals surface area contributed by atoms with Gasteiger partial charge in [0, 0.05) is 18.5 Å². The van der Waals surface area contributed by atoms with Crippen molar-refractivity contribution in [2.24, 2.45) is 0 Å². The van der Waals surface area contributed by atoms with E-state index >= 15 is 0 Å². The number of anilines is 1. The van der Waals surface area contributed by atoms with E-state index in [1.54, 1.807) is 12.1 Å². The summed E-state index contributed by atoms with van der Waals surface area (Å²) in [7, 11) is -1.95. The summed E-state index contributed by atoms with van der Waals surface area (Å²) in [5.41, 5.74) is 2.60. The molecule has 3 atom stereocenters. The van der Waals surface area contributed by atoms with E-state index in [1.165, 1.54) is 16.4 Å². The van der Waals surface area contributed by atoms with Gasteiger partial charge in [0.2, 0.25) is 0 Å². The molecule has 2 aliphatic rings. The lowest BCUT2D eigenvalue weighted by atomic mass is 9.89. The molecular weight excluding hydrogens is 366 g/mol. The number of benzene rings is 2. The van der Waals surface area contributed by atoms with E-state index in [0.717, 1.165) is 24.2 Å². The second kappa shape index (κ2) is 6.57. The quantitative estimate of drug-likeness (QED) is 0.775. The van der Waals surface area contributed by atoms with Gasteiger partial charge in [-0.3, -0.25) is 4.31 Å². The van der Waals surface area contributed by atoms with Gasteiger partial charge >= 0.3 is 0 Å². The molecule has 27 heavy (non-hydrogen) atoms. The molecule has 2 aliphatic heterocycles. The van der Waals surface area contributed by atoms with Gasteiger partial charge in [-0.1, -0.05) is 29.8 Å². The number of sulfonamides is 1. The number of para-hydroxylation sites is 1. The molecule has 4 rings (SSSR count). The molecule has 0 saturated carbocycles. The Morgan fingerprint density at radius 2 is 1.96 bits per heavy atom. The molecule has 2 aromatic carbocycles. The van der Waals surface area contributed by atoms with Crippen LogP contribution in [0.2, 0.25) is 0 Å². The number of hydrogen-bond acceptors (Lipinski definition) is 5. The summed E-state index contributed by atoms with van der Waals surface area (Å²) in [6.45, 7) is 3.59. The number of rotatable bonds is 3. The fraction of sp³-hybridized carbons (Fsp3) is 0.368. The highest BCUT2D eigenvalue weighted by molar-refractivity contribution is 7.93. The molecule has 7 nitrogen and oxygen atoms in total. The van der Waals surface area contributed by atoms with E-state index in [2.05, 4.69) is 11.0 Å². The van der Waals surface area contributed by atoms with E-state index in [-0.39, 0.29) is 22.5 Å². The number of aryl methyl sites for hydroxylation is 1. The average molecular weight is 389 g/mol. The van der Waals surface area contributed by atoms with Gasteiger partial charge in [-0.05, 0) is 44.6 Å². The van der Waals surface area contributed by atoms with Crippen molar-refractivity contribution in [3.05, 3.63) is 58.8 Å². The van der Waals surface area contributed by atoms with Crippen molar-refractivity contribution in [1.29, 1.82) is 0 Å². The SMILES string of the molecule is Cc1ccc2c(c1)[C@@H]1CN(C)CC[C@@H]1N2S(=O)(=O)c1ccccc1[NH+]([O-])O. The van der Waals surface area contributed by atoms with Gasteiger partial charge in [-0.25, -0.2) is 13.6 Å². The van der Waals surface area contributed by atoms with Crippen LogP contribution >= 0.6 is 0 Å². The Balaban J connectivity index is 1.88. The molecule has 0 radical (unpaired) electrons. The van der Waals surface area contributed by atoms with Gasteiger partial charge in [-0.15, -0.1) is 0 Å². The number of quaternary nitrogens is 1. The first-order chi connectivity index (χ1) is 12.8. The van der Waals surface area contributed by atoms with Gasteiger partial charge < -0.3 is 10.1 Å². The zero-order valence-electron chi connectivity index (χ0n) is 15.3. The summed E-state index contributed by atoms with van der Waals surface area (Å²) >= 11 is 0. The van der Waals surface area contributed by atoms with E-state index < -0.39 is 15.2 Å². The third kappa shape index (κ3) is 2.94. The van der Waals surface area contributed by atoms with E-state index in [1.807, 2.05) is 26.1 Å². The summed E-state index contributed by atoms with van der Waals surface area (Å²) in [5, 5.41) is 19.9. The van der Waals surface area contributed by atoms with Crippen molar-refractivity contribution in [3.63, 3.8) is 0 Å². The van der Waals surface area contributed by atoms with E-state index in [4.69, 9.17) is 0 Å². The van der Waals surface area contributed by atoms with Crippen molar-refractivity contribution < 1.29 is 18.9 Å². The van der Waals surface area contributed by atoms with Gasteiger partial charge in [-0.2, -0.15) is 5.23 Å². The van der Waals surface area contributed by atoms with Crippen molar-refractivity contribution in [1.82, 2.24) is 4.90 Å². The van der Waals surface area contributed by atoms with Crippen molar-refractivity contribution in [3.8, 4) is 0 Å². The van der Waals surface area contributed by atoms with Gasteiger partial charge in [0.15, 0.2) is 10.6 Å². The third-order valence-electron chi connectivity index (χ3n) is 5.55. The van der Waals surface area contributed by atoms with Crippen LogP contribution in [-0.4, -0.2) is 44.7 Å². The van der Waals surface area contributed by atoms with Crippen LogP contribution in [0.3, 0.4) is 0 Å². The number of nitrogens with zero attached hydrogens (tertiary/aromatic N) is 2. The fourth-order valence-corrected chi connectivity index (χ4v) is 6.25. The molecule has 2 aromatic rings. The molecule has 2 N–H and O–H groups in total. The topological polar surface area (TPSA) is 88.4 Å². The summed E-state index contributed by atoms with van der Waals surface area (Å²) in [6, 6.07) is 11.5. The van der Waals surface area contributed by atoms with Crippen LogP contribution in [0.25, 0.3) is 0 Å². The molecule has 2 heterocycles. The molecule has 8 heteroatoms. The second-order valence-electron chi connectivity index (χ2n) is 7.39. The van der Waals surface area contributed by atoms with E-state index in [9.17, 15) is 18.8 Å². The largest absolute Gasteiger partial charge is 0.595 e. The van der Waals surface area contributed by atoms with Gasteiger partial charge in [0.25, 0.3) is 10.0 Å². The molecule has 0 aliphatic carbocycles. The van der Waals surface area contributed by atoms with Crippen LogP contribution in [0.1, 0.15) is 23.5 Å². The summed E-state index contributed by atoms with van der Waals surface area (Å²) in [5.74, 6) is 0.0883. The maximum absolute atomic E-state index is 13.6. The third-order valence-corrected chi connectivity index (χ3v) is 7.45. The van der Waals surface area contributed by atoms with Crippen LogP contribution in [0.15, 0.2) is 47.4 Å². The number of likely N-dealkylation sites (N-methyl/N-ethyl adjacent to an activating group) is 1. The monoisotopic (exact) mass is 389 g/mol. The maximum Gasteiger partial charge on any atom is 0.270 e. The lowest BCUT2D eigenvalue weighted by molar-refractivity contribution is -0.992. The van der Waals surface area contributed by atoms with Crippen molar-refractivity contribution >= 4 is 21.4 Å². The minimum absolute atomic E-state index is 0.0883. The smallest absolute Gasteiger partial charge is 0.270 e. The fourth-order valence-electron chi connectivity index (χ4n) is 4.32. The molecule has 0 bridgehead atoms. The Labute approximate surface area is 159 Å². The highest BCUT2D eigenvalue weighted by atomic mass is 32.2.